The third-order valence-electron chi connectivity index (χ3n) is 5.17. The van der Waals surface area contributed by atoms with Gasteiger partial charge in [-0.25, -0.2) is 0 Å². The predicted molar refractivity (Wildman–Crippen MR) is 72.5 cm³/mol. The SMILES string of the molecule is C=C1CC[C@H]2C(C)=CC[C@@H]3[C@H](OC(=O)[C@H]3COC)[C@@H]12. The van der Waals surface area contributed by atoms with Gasteiger partial charge in [-0.15, -0.1) is 0 Å². The van der Waals surface area contributed by atoms with Crippen molar-refractivity contribution < 1.29 is 14.3 Å². The molecule has 1 saturated carbocycles. The highest BCUT2D eigenvalue weighted by atomic mass is 16.6. The first-order valence-electron chi connectivity index (χ1n) is 7.17. The lowest BCUT2D eigenvalue weighted by atomic mass is 9.79. The molecule has 2 aliphatic carbocycles. The van der Waals surface area contributed by atoms with Crippen LogP contribution < -0.4 is 0 Å². The highest BCUT2D eigenvalue weighted by Crippen LogP contribution is 2.50. The largest absolute Gasteiger partial charge is 0.461 e. The monoisotopic (exact) mass is 262 g/mol. The van der Waals surface area contributed by atoms with Crippen LogP contribution in [0.2, 0.25) is 0 Å². The molecule has 5 atom stereocenters. The molecule has 3 rings (SSSR count). The minimum absolute atomic E-state index is 0.0151. The summed E-state index contributed by atoms with van der Waals surface area (Å²) in [5.74, 6) is 0.924. The van der Waals surface area contributed by atoms with Crippen molar-refractivity contribution in [1.29, 1.82) is 0 Å². The van der Waals surface area contributed by atoms with Crippen LogP contribution in [0.4, 0.5) is 0 Å². The first-order valence-corrected chi connectivity index (χ1v) is 7.17. The van der Waals surface area contributed by atoms with Crippen molar-refractivity contribution in [2.45, 2.75) is 32.3 Å². The van der Waals surface area contributed by atoms with Crippen molar-refractivity contribution in [2.24, 2.45) is 23.7 Å². The third kappa shape index (κ3) is 1.95. The van der Waals surface area contributed by atoms with Gasteiger partial charge in [0.15, 0.2) is 0 Å². The Morgan fingerprint density at radius 1 is 1.53 bits per heavy atom. The molecule has 0 aromatic carbocycles. The molecule has 0 bridgehead atoms. The van der Waals surface area contributed by atoms with Crippen LogP contribution in [0.5, 0.6) is 0 Å². The average Bonchev–Trinajstić information content (AvgIpc) is 2.85. The van der Waals surface area contributed by atoms with E-state index in [0.717, 1.165) is 19.3 Å². The van der Waals surface area contributed by atoms with E-state index in [-0.39, 0.29) is 23.9 Å². The minimum atomic E-state index is -0.105. The molecule has 0 unspecified atom stereocenters. The summed E-state index contributed by atoms with van der Waals surface area (Å²) in [6, 6.07) is 0. The fourth-order valence-electron chi connectivity index (χ4n) is 4.14. The normalized spacial score (nSPS) is 41.4. The van der Waals surface area contributed by atoms with Gasteiger partial charge in [-0.2, -0.15) is 0 Å². The molecular formula is C16H22O3. The molecule has 3 aliphatic rings. The quantitative estimate of drug-likeness (QED) is 0.567. The summed E-state index contributed by atoms with van der Waals surface area (Å²) in [6.45, 7) is 6.90. The van der Waals surface area contributed by atoms with E-state index in [4.69, 9.17) is 9.47 Å². The highest BCUT2D eigenvalue weighted by Gasteiger charge is 2.52. The fourth-order valence-corrected chi connectivity index (χ4v) is 4.14. The minimum Gasteiger partial charge on any atom is -0.461 e. The number of rotatable bonds is 2. The molecule has 1 aliphatic heterocycles. The Morgan fingerprint density at radius 2 is 2.32 bits per heavy atom. The Kier molecular flexibility index (Phi) is 3.25. The summed E-state index contributed by atoms with van der Waals surface area (Å²) in [7, 11) is 1.65. The molecule has 0 N–H and O–H groups in total. The smallest absolute Gasteiger partial charge is 0.312 e. The second-order valence-corrected chi connectivity index (χ2v) is 6.14. The number of carbonyl (C=O) groups is 1. The van der Waals surface area contributed by atoms with Gasteiger partial charge in [0.1, 0.15) is 6.10 Å². The van der Waals surface area contributed by atoms with Crippen molar-refractivity contribution in [3.8, 4) is 0 Å². The van der Waals surface area contributed by atoms with Crippen LogP contribution in [-0.2, 0) is 14.3 Å². The van der Waals surface area contributed by atoms with Gasteiger partial charge in [0.05, 0.1) is 12.5 Å². The molecule has 3 nitrogen and oxygen atoms in total. The number of carbonyl (C=O) groups excluding carboxylic acids is 1. The van der Waals surface area contributed by atoms with Gasteiger partial charge in [-0.3, -0.25) is 4.79 Å². The van der Waals surface area contributed by atoms with Crippen molar-refractivity contribution in [2.75, 3.05) is 13.7 Å². The molecule has 1 saturated heterocycles. The van der Waals surface area contributed by atoms with Gasteiger partial charge >= 0.3 is 5.97 Å². The summed E-state index contributed by atoms with van der Waals surface area (Å²) >= 11 is 0. The molecule has 0 amide bonds. The highest BCUT2D eigenvalue weighted by molar-refractivity contribution is 5.75. The second kappa shape index (κ2) is 4.78. The van der Waals surface area contributed by atoms with Crippen molar-refractivity contribution in [1.82, 2.24) is 0 Å². The third-order valence-corrected chi connectivity index (χ3v) is 5.17. The number of methoxy groups -OCH3 is 1. The molecule has 104 valence electrons. The Labute approximate surface area is 114 Å². The molecule has 1 heterocycles. The second-order valence-electron chi connectivity index (χ2n) is 6.14. The Hall–Kier alpha value is -1.09. The van der Waals surface area contributed by atoms with Crippen LogP contribution in [0.15, 0.2) is 23.8 Å². The van der Waals surface area contributed by atoms with E-state index in [1.807, 2.05) is 0 Å². The average molecular weight is 262 g/mol. The lowest BCUT2D eigenvalue weighted by Crippen LogP contribution is -2.31. The number of esters is 1. The zero-order valence-corrected chi connectivity index (χ0v) is 11.7. The van der Waals surface area contributed by atoms with E-state index in [2.05, 4.69) is 19.6 Å². The maximum Gasteiger partial charge on any atom is 0.312 e. The van der Waals surface area contributed by atoms with Crippen LogP contribution in [-0.4, -0.2) is 25.8 Å². The maximum absolute atomic E-state index is 12.1. The molecule has 0 spiro atoms. The predicted octanol–water partition coefficient (Wildman–Crippen LogP) is 2.72. The first kappa shape index (κ1) is 12.9. The van der Waals surface area contributed by atoms with Crippen LogP contribution >= 0.6 is 0 Å². The van der Waals surface area contributed by atoms with Gasteiger partial charge in [0.2, 0.25) is 0 Å². The van der Waals surface area contributed by atoms with Gasteiger partial charge < -0.3 is 9.47 Å². The summed E-state index contributed by atoms with van der Waals surface area (Å²) in [4.78, 5) is 12.1. The molecule has 3 heteroatoms. The number of hydrogen-bond acceptors (Lipinski definition) is 3. The van der Waals surface area contributed by atoms with Crippen LogP contribution in [0, 0.1) is 23.7 Å². The molecular weight excluding hydrogens is 240 g/mol. The fraction of sp³-hybridized carbons (Fsp3) is 0.688. The Bertz CT molecular complexity index is 437. The summed E-state index contributed by atoms with van der Waals surface area (Å²) in [6.07, 6.45) is 5.47. The van der Waals surface area contributed by atoms with Crippen LogP contribution in [0.1, 0.15) is 26.2 Å². The summed E-state index contributed by atoms with van der Waals surface area (Å²) in [5, 5.41) is 0. The lowest BCUT2D eigenvalue weighted by Gasteiger charge is -2.27. The van der Waals surface area contributed by atoms with Crippen LogP contribution in [0.3, 0.4) is 0 Å². The van der Waals surface area contributed by atoms with Gasteiger partial charge in [-0.1, -0.05) is 23.8 Å². The van der Waals surface area contributed by atoms with Crippen LogP contribution in [0.25, 0.3) is 0 Å². The number of hydrogen-bond donors (Lipinski definition) is 0. The zero-order valence-electron chi connectivity index (χ0n) is 11.7. The van der Waals surface area contributed by atoms with E-state index in [9.17, 15) is 4.79 Å². The topological polar surface area (TPSA) is 35.5 Å². The van der Waals surface area contributed by atoms with Gasteiger partial charge in [-0.05, 0) is 32.1 Å². The van der Waals surface area contributed by atoms with Crippen molar-refractivity contribution >= 4 is 5.97 Å². The molecule has 2 fully saturated rings. The first-order chi connectivity index (χ1) is 9.13. The molecule has 19 heavy (non-hydrogen) atoms. The van der Waals surface area contributed by atoms with E-state index in [1.165, 1.54) is 11.1 Å². The van der Waals surface area contributed by atoms with E-state index in [1.54, 1.807) is 7.11 Å². The van der Waals surface area contributed by atoms with Crippen molar-refractivity contribution in [3.05, 3.63) is 23.8 Å². The van der Waals surface area contributed by atoms with Gasteiger partial charge in [0, 0.05) is 18.9 Å². The molecule has 0 radical (unpaired) electrons. The number of fused-ring (bicyclic) bond motifs is 3. The van der Waals surface area contributed by atoms with Gasteiger partial charge in [0.25, 0.3) is 0 Å². The Balaban J connectivity index is 1.94. The number of allylic oxidation sites excluding steroid dienone is 2. The zero-order chi connectivity index (χ0) is 13.6. The summed E-state index contributed by atoms with van der Waals surface area (Å²) < 4.78 is 10.9. The van der Waals surface area contributed by atoms with E-state index in [0.29, 0.717) is 18.4 Å². The van der Waals surface area contributed by atoms with Crippen molar-refractivity contribution in [3.63, 3.8) is 0 Å². The van der Waals surface area contributed by atoms with E-state index >= 15 is 0 Å². The molecule has 0 aromatic heterocycles. The summed E-state index contributed by atoms with van der Waals surface area (Å²) in [5.41, 5.74) is 2.71. The standard InChI is InChI=1S/C16H22O3/c1-9-4-7-12-13(8-18-3)16(17)19-15(12)14-10(2)5-6-11(9)14/h4,11-15H,2,5-8H2,1,3H3/t11-,12-,13-,14-,15-/m0/s1. The lowest BCUT2D eigenvalue weighted by molar-refractivity contribution is -0.146. The maximum atomic E-state index is 12.1. The molecule has 0 aromatic rings. The number of ether oxygens (including phenoxy) is 2. The van der Waals surface area contributed by atoms with E-state index < -0.39 is 0 Å². The Morgan fingerprint density at radius 3 is 3.05 bits per heavy atom.